The first-order valence-corrected chi connectivity index (χ1v) is 17.3. The molecule has 0 aliphatic carbocycles. The number of amides is 5. The number of hydrazone groups is 1. The number of thioether (sulfide) groups is 1. The minimum atomic E-state index is -1.36. The lowest BCUT2D eigenvalue weighted by molar-refractivity contribution is -0.130. The maximum atomic E-state index is 14.5. The largest absolute Gasteiger partial charge is 0.306 e. The molecule has 5 amide bonds. The summed E-state index contributed by atoms with van der Waals surface area (Å²) in [5, 5.41) is 7.46. The normalized spacial score (nSPS) is 21.1. The van der Waals surface area contributed by atoms with E-state index in [0.29, 0.717) is 28.4 Å². The van der Waals surface area contributed by atoms with Gasteiger partial charge in [0, 0.05) is 29.6 Å². The maximum absolute atomic E-state index is 14.5. The lowest BCUT2D eigenvalue weighted by Gasteiger charge is -2.33. The van der Waals surface area contributed by atoms with Gasteiger partial charge in [0.2, 0.25) is 16.7 Å². The molecule has 0 aromatic heterocycles. The maximum Gasteiger partial charge on any atom is 0.285 e. The van der Waals surface area contributed by atoms with Gasteiger partial charge in [0.25, 0.3) is 17.7 Å². The average molecular weight is 706 g/mol. The number of hydrogen-bond donors (Lipinski definition) is 0. The molecular weight excluding hydrogens is 678 g/mol. The molecule has 1 saturated heterocycles. The Morgan fingerprint density at radius 3 is 2.24 bits per heavy atom. The zero-order valence-corrected chi connectivity index (χ0v) is 28.2. The molecule has 1 fully saturated rings. The Bertz CT molecular complexity index is 2110. The molecule has 0 saturated carbocycles. The van der Waals surface area contributed by atoms with E-state index in [1.54, 1.807) is 58.3 Å². The first-order chi connectivity index (χ1) is 24.2. The van der Waals surface area contributed by atoms with Crippen molar-refractivity contribution in [2.45, 2.75) is 24.3 Å². The molecule has 0 bridgehead atoms. The minimum Gasteiger partial charge on any atom is -0.306 e. The van der Waals surface area contributed by atoms with Crippen molar-refractivity contribution < 1.29 is 28.8 Å². The summed E-state index contributed by atoms with van der Waals surface area (Å²) < 4.78 is 0. The second-order valence-electron chi connectivity index (χ2n) is 12.1. The lowest BCUT2D eigenvalue weighted by atomic mass is 9.98. The van der Waals surface area contributed by atoms with E-state index in [0.717, 1.165) is 21.9 Å². The van der Waals surface area contributed by atoms with Crippen LogP contribution in [0.2, 0.25) is 5.02 Å². The smallest absolute Gasteiger partial charge is 0.285 e. The molecule has 8 rings (SSSR count). The summed E-state index contributed by atoms with van der Waals surface area (Å²) in [4.78, 5) is 73.6. The summed E-state index contributed by atoms with van der Waals surface area (Å²) in [6, 6.07) is 28.1. The first kappa shape index (κ1) is 31.9. The summed E-state index contributed by atoms with van der Waals surface area (Å²) in [7, 11) is 0. The number of carbonyl (C=O) groups is 5. The molecule has 1 spiro atoms. The van der Waals surface area contributed by atoms with E-state index >= 15 is 0 Å². The fraction of sp³-hybridized carbons (Fsp3) is 0.189. The number of halogens is 1. The van der Waals surface area contributed by atoms with Crippen molar-refractivity contribution in [2.24, 2.45) is 5.10 Å². The van der Waals surface area contributed by atoms with Crippen LogP contribution in [0.3, 0.4) is 0 Å². The molecule has 4 aromatic rings. The molecule has 4 aliphatic rings. The number of fused-ring (bicyclic) bond motifs is 3. The first-order valence-electron chi connectivity index (χ1n) is 15.9. The molecule has 2 unspecified atom stereocenters. The second kappa shape index (κ2) is 12.2. The van der Waals surface area contributed by atoms with Gasteiger partial charge < -0.3 is 4.90 Å². The summed E-state index contributed by atoms with van der Waals surface area (Å²) in [6.07, 6.45) is 0.493. The fourth-order valence-corrected chi connectivity index (χ4v) is 8.49. The molecule has 250 valence electrons. The van der Waals surface area contributed by atoms with Gasteiger partial charge in [-0.1, -0.05) is 66.2 Å². The standard InChI is InChI=1S/C37H28ClN5O6S/c1-22(44)42-32(24-10-14-25(38)15-11-24)20-30(39-42)23-12-16-26(17-13-23)41-33(45)21-50-37(41)29-8-4-5-9-31(29)40(36(37)48)18-19-49-43-34(46)27-6-2-3-7-28(27)35(43)47/h2-17,32H,18-21H2,1H3. The number of hydroxylamine groups is 2. The second-order valence-corrected chi connectivity index (χ2v) is 13.8. The summed E-state index contributed by atoms with van der Waals surface area (Å²) in [5.74, 6) is -1.76. The summed E-state index contributed by atoms with van der Waals surface area (Å²) >= 11 is 7.34. The molecular formula is C37H28ClN5O6S. The minimum absolute atomic E-state index is 0.0355. The highest BCUT2D eigenvalue weighted by atomic mass is 35.5. The van der Waals surface area contributed by atoms with E-state index in [9.17, 15) is 24.0 Å². The molecule has 4 aliphatic heterocycles. The van der Waals surface area contributed by atoms with Crippen molar-refractivity contribution in [3.63, 3.8) is 0 Å². The van der Waals surface area contributed by atoms with Gasteiger partial charge in [0.05, 0.1) is 47.5 Å². The number of imide groups is 1. The third kappa shape index (κ3) is 4.93. The van der Waals surface area contributed by atoms with Gasteiger partial charge in [0.1, 0.15) is 0 Å². The Morgan fingerprint density at radius 2 is 1.56 bits per heavy atom. The van der Waals surface area contributed by atoms with E-state index in [2.05, 4.69) is 5.10 Å². The van der Waals surface area contributed by atoms with Crippen molar-refractivity contribution in [3.8, 4) is 0 Å². The number of hydrogen-bond acceptors (Lipinski definition) is 8. The monoisotopic (exact) mass is 705 g/mol. The molecule has 0 radical (unpaired) electrons. The number of nitrogens with zero attached hydrogens (tertiary/aromatic N) is 5. The highest BCUT2D eigenvalue weighted by Crippen LogP contribution is 2.55. The summed E-state index contributed by atoms with van der Waals surface area (Å²) in [5.41, 5.74) is 4.76. The van der Waals surface area contributed by atoms with Crippen LogP contribution in [0, 0.1) is 0 Å². The van der Waals surface area contributed by atoms with E-state index in [4.69, 9.17) is 16.4 Å². The van der Waals surface area contributed by atoms with E-state index in [-0.39, 0.29) is 53.8 Å². The molecule has 13 heteroatoms. The Morgan fingerprint density at radius 1 is 0.900 bits per heavy atom. The highest BCUT2D eigenvalue weighted by Gasteiger charge is 2.61. The van der Waals surface area contributed by atoms with E-state index < -0.39 is 16.7 Å². The molecule has 4 aromatic carbocycles. The highest BCUT2D eigenvalue weighted by molar-refractivity contribution is 8.02. The van der Waals surface area contributed by atoms with Gasteiger partial charge >= 0.3 is 0 Å². The van der Waals surface area contributed by atoms with Gasteiger partial charge in [-0.2, -0.15) is 5.10 Å². The van der Waals surface area contributed by atoms with Crippen LogP contribution in [0.5, 0.6) is 0 Å². The van der Waals surface area contributed by atoms with Crippen molar-refractivity contribution >= 4 is 70.0 Å². The quantitative estimate of drug-likeness (QED) is 0.232. The number of carbonyl (C=O) groups excluding carboxylic acids is 5. The fourth-order valence-electron chi connectivity index (χ4n) is 7.01. The van der Waals surface area contributed by atoms with Crippen LogP contribution in [0.4, 0.5) is 11.4 Å². The van der Waals surface area contributed by atoms with Crippen LogP contribution in [0.25, 0.3) is 0 Å². The Kier molecular flexibility index (Phi) is 7.81. The Hall–Kier alpha value is -5.30. The van der Waals surface area contributed by atoms with Gasteiger partial charge in [-0.25, -0.2) is 5.01 Å². The number of benzene rings is 4. The third-order valence-corrected chi connectivity index (χ3v) is 10.9. The van der Waals surface area contributed by atoms with Crippen LogP contribution in [0.15, 0.2) is 102 Å². The zero-order chi connectivity index (χ0) is 34.7. The Balaban J connectivity index is 1.04. The molecule has 11 nitrogen and oxygen atoms in total. The third-order valence-electron chi connectivity index (χ3n) is 9.30. The molecule has 2 atom stereocenters. The number of para-hydroxylation sites is 1. The lowest BCUT2D eigenvalue weighted by Crippen LogP contribution is -2.50. The van der Waals surface area contributed by atoms with Crippen molar-refractivity contribution in [1.82, 2.24) is 10.1 Å². The van der Waals surface area contributed by atoms with Crippen LogP contribution < -0.4 is 9.80 Å². The summed E-state index contributed by atoms with van der Waals surface area (Å²) in [6.45, 7) is 1.38. The van der Waals surface area contributed by atoms with E-state index in [1.165, 1.54) is 23.7 Å². The van der Waals surface area contributed by atoms with Gasteiger partial charge in [-0.05, 0) is 53.6 Å². The van der Waals surface area contributed by atoms with Gasteiger partial charge in [-0.3, -0.25) is 33.7 Å². The van der Waals surface area contributed by atoms with Crippen molar-refractivity contribution in [1.29, 1.82) is 0 Å². The van der Waals surface area contributed by atoms with Crippen molar-refractivity contribution in [3.05, 3.63) is 130 Å². The van der Waals surface area contributed by atoms with Gasteiger partial charge in [-0.15, -0.1) is 16.8 Å². The molecule has 0 N–H and O–H groups in total. The zero-order valence-electron chi connectivity index (χ0n) is 26.6. The Labute approximate surface area is 296 Å². The van der Waals surface area contributed by atoms with Crippen LogP contribution in [-0.4, -0.2) is 64.2 Å². The topological polar surface area (TPSA) is 120 Å². The van der Waals surface area contributed by atoms with Crippen molar-refractivity contribution in [2.75, 3.05) is 28.7 Å². The average Bonchev–Trinajstić information content (AvgIpc) is 3.85. The SMILES string of the molecule is CC(=O)N1N=C(c2ccc(N3C(=O)CSC34C(=O)N(CCON3C(=O)c5ccccc5C3=O)c3ccccc34)cc2)CC1c1ccc(Cl)cc1. The van der Waals surface area contributed by atoms with E-state index in [1.807, 2.05) is 48.5 Å². The predicted molar refractivity (Wildman–Crippen MR) is 188 cm³/mol. The van der Waals surface area contributed by atoms with Crippen LogP contribution in [0.1, 0.15) is 56.8 Å². The molecule has 50 heavy (non-hydrogen) atoms. The number of rotatable bonds is 7. The molecule has 4 heterocycles. The van der Waals surface area contributed by atoms with Crippen LogP contribution in [-0.2, 0) is 24.1 Å². The number of anilines is 2. The predicted octanol–water partition coefficient (Wildman–Crippen LogP) is 5.54. The van der Waals surface area contributed by atoms with Crippen LogP contribution >= 0.6 is 23.4 Å². The van der Waals surface area contributed by atoms with Gasteiger partial charge in [0.15, 0.2) is 0 Å².